The van der Waals surface area contributed by atoms with Crippen molar-refractivity contribution in [3.63, 3.8) is 0 Å². The lowest BCUT2D eigenvalue weighted by atomic mass is 9.89. The van der Waals surface area contributed by atoms with Crippen LogP contribution in [0.3, 0.4) is 0 Å². The number of aromatic amines is 6. The van der Waals surface area contributed by atoms with Crippen molar-refractivity contribution in [1.82, 2.24) is 85.1 Å². The van der Waals surface area contributed by atoms with Crippen LogP contribution < -0.4 is 19.6 Å². The molecule has 4 fully saturated rings. The number of likely N-dealkylation sites (N-methyl/N-ethyl adjacent to an activating group) is 4. The van der Waals surface area contributed by atoms with Crippen LogP contribution in [0.5, 0.6) is 0 Å². The minimum absolute atomic E-state index is 0.0548. The summed E-state index contributed by atoms with van der Waals surface area (Å²) in [6.45, 7) is 33.0. The zero-order valence-electron chi connectivity index (χ0n) is 73.8. The predicted octanol–water partition coefficient (Wildman–Crippen LogP) is 17.0. The van der Waals surface area contributed by atoms with Gasteiger partial charge in [0, 0.05) is 198 Å². The molecule has 4 saturated heterocycles. The van der Waals surface area contributed by atoms with Gasteiger partial charge in [-0.2, -0.15) is 9.97 Å². The van der Waals surface area contributed by atoms with E-state index in [2.05, 4.69) is 272 Å². The Balaban J connectivity index is 0.000000140. The third-order valence-electron chi connectivity index (χ3n) is 25.5. The number of hydrogen-bond donors (Lipinski definition) is 6. The molecular weight excluding hydrogens is 1550 g/mol. The maximum absolute atomic E-state index is 13.1. The van der Waals surface area contributed by atoms with E-state index >= 15 is 0 Å². The molecule has 16 rings (SSSR count). The first kappa shape index (κ1) is 89.6. The Morgan fingerprint density at radius 1 is 0.434 bits per heavy atom. The summed E-state index contributed by atoms with van der Waals surface area (Å²) >= 11 is 1.46. The van der Waals surface area contributed by atoms with E-state index in [0.717, 1.165) is 222 Å². The normalized spacial score (nSPS) is 17.4. The molecule has 26 nitrogen and oxygen atoms in total. The highest BCUT2D eigenvalue weighted by atomic mass is 32.1. The van der Waals surface area contributed by atoms with Gasteiger partial charge in [-0.05, 0) is 163 Å². The molecule has 652 valence electrons. The molecule has 4 aliphatic rings. The summed E-state index contributed by atoms with van der Waals surface area (Å²) in [6, 6.07) is 34.9. The van der Waals surface area contributed by atoms with Crippen LogP contribution in [-0.2, 0) is 25.7 Å². The molecule has 27 heteroatoms. The number of ketones is 4. The summed E-state index contributed by atoms with van der Waals surface area (Å²) in [7, 11) is 4.27. The number of hydrogen-bond acceptors (Lipinski definition) is 21. The van der Waals surface area contributed by atoms with Crippen molar-refractivity contribution in [2.45, 2.75) is 183 Å². The van der Waals surface area contributed by atoms with Crippen LogP contribution in [0, 0.1) is 23.7 Å². The average Bonchev–Trinajstić information content (AvgIpc) is 1.66. The van der Waals surface area contributed by atoms with Crippen LogP contribution in [0.2, 0.25) is 0 Å². The van der Waals surface area contributed by atoms with Crippen molar-refractivity contribution >= 4 is 101 Å². The maximum atomic E-state index is 13.1. The van der Waals surface area contributed by atoms with Crippen molar-refractivity contribution < 1.29 is 23.6 Å². The Morgan fingerprint density at radius 2 is 0.811 bits per heavy atom. The molecular formula is C95H131N21O5S. The third-order valence-corrected chi connectivity index (χ3v) is 26.5. The highest BCUT2D eigenvalue weighted by Crippen LogP contribution is 2.33. The van der Waals surface area contributed by atoms with Gasteiger partial charge in [0.2, 0.25) is 17.0 Å². The van der Waals surface area contributed by atoms with Crippen LogP contribution in [0.25, 0.3) is 43.6 Å². The van der Waals surface area contributed by atoms with Crippen LogP contribution in [0.4, 0.5) is 23.0 Å². The SMILES string of the molecule is CCCC(CC(=O)c1nc(N2CCN(CC)CC2)n[nH]1)Cc1c[nH]c2ccccc12.CCCC(CC(=O)c1nnc(N2CCN(CC)CC2)s1)Cc1c[nH]c2ccccc12.CCCCC(CC(=O)c1cnc(N2CCN(C)C(C)C2)o1)Cc1c[nH]c2ccccc12.CCCCC(CC(=O)c1nc(N2CCN(C)C(C)C2)n[nH]1)Cc1c[nH]c2ccccc12. The average molecular weight is 1680 g/mol. The number of Topliss-reactive ketones (excluding diaryl/α,β-unsaturated/α-hetero) is 4. The van der Waals surface area contributed by atoms with E-state index in [1.807, 2.05) is 24.3 Å². The second kappa shape index (κ2) is 44.2. The summed E-state index contributed by atoms with van der Waals surface area (Å²) in [5, 5.41) is 29.5. The molecule has 0 bridgehead atoms. The van der Waals surface area contributed by atoms with E-state index in [9.17, 15) is 19.2 Å². The number of para-hydroxylation sites is 4. The van der Waals surface area contributed by atoms with E-state index in [-0.39, 0.29) is 23.1 Å². The largest absolute Gasteiger partial charge is 0.420 e. The van der Waals surface area contributed by atoms with Gasteiger partial charge in [-0.3, -0.25) is 29.4 Å². The van der Waals surface area contributed by atoms with E-state index in [0.29, 0.717) is 102 Å². The number of oxazole rings is 1. The summed E-state index contributed by atoms with van der Waals surface area (Å²) < 4.78 is 5.92. The molecule has 0 spiro atoms. The molecule has 122 heavy (non-hydrogen) atoms. The molecule has 4 aliphatic heterocycles. The standard InChI is InChI=1S/C25H34N4O2.C24H34N6O.C23H32N6O.C23H31N5OS/c1-4-5-8-19(13-20-15-26-22-10-7-6-9-21(20)22)14-23(30)24-16-27-25(31-24)29-12-11-28(3)18(2)17-29;1-4-5-8-18(13-19-15-25-21-10-7-6-9-20(19)21)14-22(31)23-26-24(28-27-23)30-12-11-29(3)17(2)16-30;1-3-7-17(14-18-16-24-20-9-6-5-8-19(18)20)15-21(30)22-25-23(27-26-22)29-12-10-28(4-2)11-13-29;1-3-7-17(14-18-16-24-20-9-6-5-8-19(18)20)15-21(29)22-25-26-23(30-22)28-12-10-27(4-2)11-13-28/h6-7,9-10,15-16,18-19,26H,4-5,8,11-14,17H2,1-3H3;6-7,9-10,15,17-18,25H,4-5,8,11-14,16H2,1-3H3,(H,26,27,28);5-6,8-9,16-17,24H,3-4,7,10-15H2,1-2H3,(H,25,26,27);5-6,8-9,16-17,24H,3-4,7,10-15H2,1-2H3. The minimum Gasteiger partial charge on any atom is -0.420 e. The zero-order valence-corrected chi connectivity index (χ0v) is 74.6. The number of carbonyl (C=O) groups excluding carboxylic acids is 4. The van der Waals surface area contributed by atoms with Gasteiger partial charge < -0.3 is 63.6 Å². The summed E-state index contributed by atoms with van der Waals surface area (Å²) in [4.78, 5) is 97.2. The van der Waals surface area contributed by atoms with Gasteiger partial charge in [0.15, 0.2) is 45.5 Å². The lowest BCUT2D eigenvalue weighted by Crippen LogP contribution is -2.50. The first-order chi connectivity index (χ1) is 59.4. The van der Waals surface area contributed by atoms with Crippen LogP contribution in [0.1, 0.15) is 209 Å². The molecule has 4 aromatic carbocycles. The van der Waals surface area contributed by atoms with Gasteiger partial charge >= 0.3 is 0 Å². The van der Waals surface area contributed by atoms with E-state index < -0.39 is 0 Å². The lowest BCUT2D eigenvalue weighted by molar-refractivity contribution is 0.0926. The number of anilines is 4. The number of nitrogens with zero attached hydrogens (tertiary/aromatic N) is 15. The monoisotopic (exact) mass is 1680 g/mol. The zero-order chi connectivity index (χ0) is 85.4. The molecule has 0 amide bonds. The third kappa shape index (κ3) is 23.8. The number of piperazine rings is 4. The maximum Gasteiger partial charge on any atom is 0.297 e. The van der Waals surface area contributed by atoms with Crippen LogP contribution in [-0.4, -0.2) is 239 Å². The lowest BCUT2D eigenvalue weighted by Gasteiger charge is -2.37. The van der Waals surface area contributed by atoms with E-state index in [1.165, 1.54) is 55.1 Å². The number of carbonyl (C=O) groups is 4. The minimum atomic E-state index is 0.0548. The Hall–Kier alpha value is -10.2. The molecule has 6 unspecified atom stereocenters. The molecule has 6 N–H and O–H groups in total. The first-order valence-electron chi connectivity index (χ1n) is 45.3. The topological polar surface area (TPSA) is 292 Å². The number of aromatic nitrogens is 13. The predicted molar refractivity (Wildman–Crippen MR) is 493 cm³/mol. The number of fused-ring (bicyclic) bond motifs is 4. The van der Waals surface area contributed by atoms with Gasteiger partial charge in [0.25, 0.3) is 6.01 Å². The van der Waals surface area contributed by atoms with Gasteiger partial charge in [0.1, 0.15) is 0 Å². The molecule has 6 atom stereocenters. The quantitative estimate of drug-likeness (QED) is 0.0199. The number of benzene rings is 4. The highest BCUT2D eigenvalue weighted by Gasteiger charge is 2.31. The second-order valence-corrected chi connectivity index (χ2v) is 35.3. The molecule has 0 aliphatic carbocycles. The fourth-order valence-electron chi connectivity index (χ4n) is 17.8. The highest BCUT2D eigenvalue weighted by molar-refractivity contribution is 7.17. The smallest absolute Gasteiger partial charge is 0.297 e. The van der Waals surface area contributed by atoms with Gasteiger partial charge in [-0.15, -0.1) is 20.4 Å². The van der Waals surface area contributed by atoms with Gasteiger partial charge in [-0.1, -0.05) is 164 Å². The van der Waals surface area contributed by atoms with Crippen LogP contribution in [0.15, 0.2) is 132 Å². The van der Waals surface area contributed by atoms with Gasteiger partial charge in [0.05, 0.1) is 6.20 Å². The Morgan fingerprint density at radius 3 is 1.23 bits per heavy atom. The Bertz CT molecular complexity index is 4920. The Kier molecular flexibility index (Phi) is 32.5. The number of nitrogens with one attached hydrogen (secondary N) is 6. The number of rotatable bonds is 36. The van der Waals surface area contributed by atoms with E-state index in [1.54, 1.807) is 6.20 Å². The fraction of sp³-hybridized carbons (Fsp3) is 0.526. The summed E-state index contributed by atoms with van der Waals surface area (Å²) in [6.07, 6.45) is 26.4. The summed E-state index contributed by atoms with van der Waals surface area (Å²) in [5.74, 6) is 3.97. The van der Waals surface area contributed by atoms with Crippen molar-refractivity contribution in [1.29, 1.82) is 0 Å². The molecule has 0 radical (unpaired) electrons. The molecule has 0 saturated carbocycles. The van der Waals surface area contributed by atoms with Crippen LogP contribution >= 0.6 is 11.3 Å². The van der Waals surface area contributed by atoms with Crippen molar-refractivity contribution in [2.24, 2.45) is 23.7 Å². The molecule has 12 aromatic rings. The van der Waals surface area contributed by atoms with Crippen molar-refractivity contribution in [2.75, 3.05) is 138 Å². The molecule has 12 heterocycles. The van der Waals surface area contributed by atoms with Crippen molar-refractivity contribution in [3.8, 4) is 0 Å². The number of H-pyrrole nitrogens is 6. The summed E-state index contributed by atoms with van der Waals surface area (Å²) in [5.41, 5.74) is 9.76. The fourth-order valence-corrected chi connectivity index (χ4v) is 18.6. The van der Waals surface area contributed by atoms with Crippen molar-refractivity contribution in [3.05, 3.63) is 173 Å². The first-order valence-corrected chi connectivity index (χ1v) is 46.1. The Labute approximate surface area is 723 Å². The number of unbranched alkanes of at least 4 members (excludes halogenated alkanes) is 2. The van der Waals surface area contributed by atoms with E-state index in [4.69, 9.17) is 4.42 Å². The van der Waals surface area contributed by atoms with Gasteiger partial charge in [-0.25, -0.2) is 4.98 Å². The molecule has 8 aromatic heterocycles. The second-order valence-electron chi connectivity index (χ2n) is 34.3.